The lowest BCUT2D eigenvalue weighted by atomic mass is 9.68. The van der Waals surface area contributed by atoms with Crippen molar-refractivity contribution in [1.29, 1.82) is 0 Å². The average Bonchev–Trinajstić information content (AvgIpc) is 2.91. The molecule has 0 radical (unpaired) electrons. The molecule has 1 N–H and O–H groups in total. The number of nitrogens with one attached hydrogen (secondary N) is 1. The van der Waals surface area contributed by atoms with Crippen LogP contribution in [-0.2, 0) is 4.79 Å². The Morgan fingerprint density at radius 3 is 2.89 bits per heavy atom. The van der Waals surface area contributed by atoms with Crippen LogP contribution in [0.15, 0.2) is 36.7 Å². The summed E-state index contributed by atoms with van der Waals surface area (Å²) in [7, 11) is 0. The zero-order valence-corrected chi connectivity index (χ0v) is 11.6. The highest BCUT2D eigenvalue weighted by molar-refractivity contribution is 5.98. The molecule has 2 fully saturated rings. The third-order valence-corrected chi connectivity index (χ3v) is 5.24. The summed E-state index contributed by atoms with van der Waals surface area (Å²) in [4.78, 5) is 16.7. The van der Waals surface area contributed by atoms with Crippen LogP contribution in [0.25, 0.3) is 0 Å². The molecule has 0 saturated heterocycles. The number of amides is 1. The minimum Gasteiger partial charge on any atom is -0.324 e. The summed E-state index contributed by atoms with van der Waals surface area (Å²) in [5, 5.41) is 3.01. The van der Waals surface area contributed by atoms with Crippen molar-refractivity contribution in [3.63, 3.8) is 0 Å². The molecular weight excluding hydrogens is 236 g/mol. The summed E-state index contributed by atoms with van der Waals surface area (Å²) in [6.45, 7) is 8.69. The molecule has 0 aliphatic heterocycles. The Kier molecular flexibility index (Phi) is 2.56. The first kappa shape index (κ1) is 12.4. The third-order valence-electron chi connectivity index (χ3n) is 5.24. The van der Waals surface area contributed by atoms with E-state index in [0.717, 1.165) is 30.5 Å². The molecule has 0 aromatic carbocycles. The van der Waals surface area contributed by atoms with Crippen LogP contribution >= 0.6 is 0 Å². The average molecular weight is 256 g/mol. The van der Waals surface area contributed by atoms with Crippen molar-refractivity contribution in [2.45, 2.75) is 33.1 Å². The predicted octanol–water partition coefficient (Wildman–Crippen LogP) is 3.40. The summed E-state index contributed by atoms with van der Waals surface area (Å²) in [6, 6.07) is 3.70. The van der Waals surface area contributed by atoms with Crippen LogP contribution in [0.5, 0.6) is 0 Å². The van der Waals surface area contributed by atoms with E-state index >= 15 is 0 Å². The fourth-order valence-electron chi connectivity index (χ4n) is 3.83. The lowest BCUT2D eigenvalue weighted by Gasteiger charge is -2.37. The molecule has 1 amide bonds. The van der Waals surface area contributed by atoms with Crippen LogP contribution in [0.1, 0.15) is 33.1 Å². The van der Waals surface area contributed by atoms with Crippen LogP contribution in [0.4, 0.5) is 5.69 Å². The Morgan fingerprint density at radius 1 is 1.53 bits per heavy atom. The van der Waals surface area contributed by atoms with E-state index in [2.05, 4.69) is 30.7 Å². The second-order valence-corrected chi connectivity index (χ2v) is 6.42. The predicted molar refractivity (Wildman–Crippen MR) is 75.6 cm³/mol. The molecule has 100 valence electrons. The Morgan fingerprint density at radius 2 is 2.32 bits per heavy atom. The normalized spacial score (nSPS) is 31.5. The summed E-state index contributed by atoms with van der Waals surface area (Å²) in [6.07, 6.45) is 6.41. The highest BCUT2D eigenvalue weighted by Gasteiger charge is 2.60. The van der Waals surface area contributed by atoms with Gasteiger partial charge in [-0.3, -0.25) is 9.78 Å². The van der Waals surface area contributed by atoms with E-state index in [-0.39, 0.29) is 16.7 Å². The largest absolute Gasteiger partial charge is 0.324 e. The van der Waals surface area contributed by atoms with E-state index < -0.39 is 0 Å². The molecule has 1 aromatic heterocycles. The lowest BCUT2D eigenvalue weighted by Crippen LogP contribution is -2.37. The first-order valence-corrected chi connectivity index (χ1v) is 6.88. The number of nitrogens with zero attached hydrogens (tertiary/aromatic N) is 1. The zero-order chi connectivity index (χ0) is 13.7. The maximum atomic E-state index is 12.7. The summed E-state index contributed by atoms with van der Waals surface area (Å²) >= 11 is 0. The van der Waals surface area contributed by atoms with Crippen molar-refractivity contribution < 1.29 is 4.79 Å². The van der Waals surface area contributed by atoms with E-state index in [1.165, 1.54) is 0 Å². The van der Waals surface area contributed by atoms with Crippen LogP contribution in [-0.4, -0.2) is 10.9 Å². The van der Waals surface area contributed by atoms with E-state index in [1.54, 1.807) is 12.4 Å². The van der Waals surface area contributed by atoms with Gasteiger partial charge in [-0.15, -0.1) is 0 Å². The van der Waals surface area contributed by atoms with Crippen molar-refractivity contribution >= 4 is 11.6 Å². The van der Waals surface area contributed by atoms with Gasteiger partial charge in [-0.2, -0.15) is 0 Å². The zero-order valence-electron chi connectivity index (χ0n) is 11.6. The molecule has 1 heterocycles. The minimum atomic E-state index is -0.357. The number of carbonyl (C=O) groups is 1. The molecule has 3 heteroatoms. The van der Waals surface area contributed by atoms with Gasteiger partial charge in [-0.25, -0.2) is 0 Å². The van der Waals surface area contributed by atoms with Crippen LogP contribution in [0, 0.1) is 16.7 Å². The van der Waals surface area contributed by atoms with Gasteiger partial charge in [0.1, 0.15) is 0 Å². The second-order valence-electron chi connectivity index (χ2n) is 6.42. The number of carbonyl (C=O) groups excluding carboxylic acids is 1. The highest BCUT2D eigenvalue weighted by atomic mass is 16.2. The Labute approximate surface area is 114 Å². The number of fused-ring (bicyclic) bond motifs is 2. The van der Waals surface area contributed by atoms with Crippen molar-refractivity contribution in [2.75, 3.05) is 5.32 Å². The number of rotatable bonds is 2. The third kappa shape index (κ3) is 1.64. The van der Waals surface area contributed by atoms with E-state index in [0.29, 0.717) is 5.92 Å². The Hall–Kier alpha value is -1.64. The molecule has 2 aliphatic rings. The van der Waals surface area contributed by atoms with E-state index in [1.807, 2.05) is 12.1 Å². The standard InChI is InChI=1S/C16H20N2O/c1-11-15(2,3)12-6-7-16(11,9-12)14(19)18-13-5-4-8-17-10-13/h4-5,8,10,12H,1,6-7,9H2,2-3H3,(H,18,19). The molecule has 2 bridgehead atoms. The quantitative estimate of drug-likeness (QED) is 0.824. The molecule has 3 rings (SSSR count). The summed E-state index contributed by atoms with van der Waals surface area (Å²) in [5.74, 6) is 0.693. The van der Waals surface area contributed by atoms with Gasteiger partial charge in [0.05, 0.1) is 17.3 Å². The molecule has 1 aromatic rings. The SMILES string of the molecule is C=C1C2(C(=O)Nc3cccnc3)CCC(C2)C1(C)C. The molecule has 3 nitrogen and oxygen atoms in total. The maximum Gasteiger partial charge on any atom is 0.234 e. The summed E-state index contributed by atoms with van der Waals surface area (Å²) in [5.41, 5.74) is 1.61. The fraction of sp³-hybridized carbons (Fsp3) is 0.500. The Balaban J connectivity index is 1.86. The summed E-state index contributed by atoms with van der Waals surface area (Å²) < 4.78 is 0. The van der Waals surface area contributed by atoms with Gasteiger partial charge in [0, 0.05) is 6.20 Å². The monoisotopic (exact) mass is 256 g/mol. The molecule has 2 saturated carbocycles. The van der Waals surface area contributed by atoms with Gasteiger partial charge < -0.3 is 5.32 Å². The van der Waals surface area contributed by atoms with Gasteiger partial charge in [0.25, 0.3) is 0 Å². The van der Waals surface area contributed by atoms with Crippen molar-refractivity contribution in [2.24, 2.45) is 16.7 Å². The topological polar surface area (TPSA) is 42.0 Å². The van der Waals surface area contributed by atoms with Gasteiger partial charge in [-0.1, -0.05) is 26.0 Å². The second kappa shape index (κ2) is 3.92. The number of pyridine rings is 1. The highest BCUT2D eigenvalue weighted by Crippen LogP contribution is 2.65. The van der Waals surface area contributed by atoms with E-state index in [9.17, 15) is 4.79 Å². The molecule has 19 heavy (non-hydrogen) atoms. The minimum absolute atomic E-state index is 0.0878. The van der Waals surface area contributed by atoms with Crippen LogP contribution < -0.4 is 5.32 Å². The number of hydrogen-bond acceptors (Lipinski definition) is 2. The number of hydrogen-bond donors (Lipinski definition) is 1. The molecule has 2 unspecified atom stereocenters. The smallest absolute Gasteiger partial charge is 0.234 e. The molecule has 2 atom stereocenters. The molecule has 0 spiro atoms. The number of aromatic nitrogens is 1. The van der Waals surface area contributed by atoms with Gasteiger partial charge >= 0.3 is 0 Å². The van der Waals surface area contributed by atoms with Crippen molar-refractivity contribution in [3.05, 3.63) is 36.7 Å². The fourth-order valence-corrected chi connectivity index (χ4v) is 3.83. The van der Waals surface area contributed by atoms with Crippen LogP contribution in [0.3, 0.4) is 0 Å². The van der Waals surface area contributed by atoms with Crippen molar-refractivity contribution in [3.8, 4) is 0 Å². The van der Waals surface area contributed by atoms with Gasteiger partial charge in [0.15, 0.2) is 0 Å². The van der Waals surface area contributed by atoms with Crippen LogP contribution in [0.2, 0.25) is 0 Å². The first-order chi connectivity index (χ1) is 8.97. The lowest BCUT2D eigenvalue weighted by molar-refractivity contribution is -0.123. The maximum absolute atomic E-state index is 12.7. The number of anilines is 1. The first-order valence-electron chi connectivity index (χ1n) is 6.88. The van der Waals surface area contributed by atoms with E-state index in [4.69, 9.17) is 0 Å². The van der Waals surface area contributed by atoms with Gasteiger partial charge in [-0.05, 0) is 42.7 Å². The van der Waals surface area contributed by atoms with Crippen molar-refractivity contribution in [1.82, 2.24) is 4.98 Å². The van der Waals surface area contributed by atoms with Gasteiger partial charge in [0.2, 0.25) is 5.91 Å². The molecule has 2 aliphatic carbocycles. The Bertz CT molecular complexity index is 535. The molecular formula is C16H20N2O.